The van der Waals surface area contributed by atoms with Crippen molar-refractivity contribution in [3.63, 3.8) is 0 Å². The maximum absolute atomic E-state index is 12.5. The Morgan fingerprint density at radius 3 is 0.956 bits per heavy atom. The van der Waals surface area contributed by atoms with Crippen molar-refractivity contribution in [2.75, 3.05) is 72.6 Å². The number of nitrogens with two attached hydrogens (primary N) is 3. The summed E-state index contributed by atoms with van der Waals surface area (Å²) in [4.78, 5) is 133. The minimum atomic E-state index is -1.46. The number of ether oxygens (including phenoxy) is 10. The van der Waals surface area contributed by atoms with Gasteiger partial charge in [-0.15, -0.1) is 0 Å². The van der Waals surface area contributed by atoms with E-state index in [1.54, 1.807) is 86.5 Å². The number of primary amides is 2. The minimum Gasteiger partial charge on any atom is -0.464 e. The molecule has 4 fully saturated rings. The van der Waals surface area contributed by atoms with E-state index in [9.17, 15) is 68.7 Å². The van der Waals surface area contributed by atoms with Crippen LogP contribution in [0.2, 0.25) is 0 Å². The maximum Gasteiger partial charge on any atom is 0.488 e. The van der Waals surface area contributed by atoms with Crippen molar-refractivity contribution in [3.8, 4) is 17.1 Å². The van der Waals surface area contributed by atoms with Crippen LogP contribution in [0.3, 0.4) is 0 Å². The predicted octanol–water partition coefficient (Wildman–Crippen LogP) is 12.7. The maximum atomic E-state index is 12.5. The molecular formula is C92H129BN18O26. The average molecular weight is 1910 g/mol. The first-order valence-corrected chi connectivity index (χ1v) is 45.0. The SMILES string of the molecule is CC.CC(C)(C)OC(=O)N1CCCCC1COCc1ccc(-n2cc(N)c(C(N)=O)n2)cc1.CC(C)(C)OC(=O)N1CCCCC1COCc1ccc(-n2cc([N+](=O)[O-])c(C(N)=O)n2)cc1.CC(C)(C)OC(=O)N1CCCCC1COCc1ccc(B(O)O)cc1.COC(=O)c1[nH]ncc1[N+](=O)[O-].COC(=O)c1nn(-c2ccc(COCC3CCCCN3C(=O)OC(C)(C)C)cc2)cc1[N+](=O)[O-]. The van der Waals surface area contributed by atoms with Gasteiger partial charge in [0.15, 0.2) is 5.69 Å². The molecule has 0 spiro atoms. The molecular weight excluding hydrogens is 1780 g/mol. The molecule has 4 aromatic carbocycles. The molecule has 4 aliphatic rings. The lowest BCUT2D eigenvalue weighted by molar-refractivity contribution is -0.385. The number of carbonyl (C=O) groups is 8. The lowest BCUT2D eigenvalue weighted by Crippen LogP contribution is -2.48. The topological polar surface area (TPSA) is 572 Å². The summed E-state index contributed by atoms with van der Waals surface area (Å²) in [5.74, 6) is -3.31. The molecule has 0 bridgehead atoms. The number of piperidine rings is 4. The molecule has 4 unspecified atom stereocenters. The van der Waals surface area contributed by atoms with Crippen molar-refractivity contribution in [2.45, 2.75) is 247 Å². The number of nitrogens with zero attached hydrogens (tertiary/aromatic N) is 14. The number of H-pyrrole nitrogens is 1. The second kappa shape index (κ2) is 52.0. The number of rotatable bonds is 27. The first kappa shape index (κ1) is 111. The number of amides is 6. The molecule has 8 heterocycles. The van der Waals surface area contributed by atoms with E-state index in [-0.39, 0.29) is 77.0 Å². The van der Waals surface area contributed by atoms with Crippen molar-refractivity contribution in [3.05, 3.63) is 197 Å². The van der Waals surface area contributed by atoms with Crippen LogP contribution in [0.5, 0.6) is 0 Å². The Kier molecular flexibility index (Phi) is 41.9. The summed E-state index contributed by atoms with van der Waals surface area (Å²) in [6.45, 7) is 32.2. The summed E-state index contributed by atoms with van der Waals surface area (Å²) >= 11 is 0. The Labute approximate surface area is 794 Å². The number of hydrogen-bond acceptors (Lipinski definition) is 31. The number of benzene rings is 4. The molecule has 746 valence electrons. The lowest BCUT2D eigenvalue weighted by Gasteiger charge is -2.36. The van der Waals surface area contributed by atoms with E-state index in [0.717, 1.165) is 132 Å². The number of anilines is 1. The van der Waals surface area contributed by atoms with E-state index in [0.29, 0.717) is 95.9 Å². The minimum absolute atomic E-state index is 0.0159. The molecule has 4 atom stereocenters. The fourth-order valence-electron chi connectivity index (χ4n) is 14.3. The number of aromatic nitrogens is 8. The zero-order chi connectivity index (χ0) is 101. The van der Waals surface area contributed by atoms with Crippen molar-refractivity contribution in [2.24, 2.45) is 11.5 Å². The summed E-state index contributed by atoms with van der Waals surface area (Å²) in [6.07, 6.45) is 15.3. The Bertz CT molecular complexity index is 5260. The molecule has 9 N–H and O–H groups in total. The zero-order valence-corrected chi connectivity index (χ0v) is 80.6. The largest absolute Gasteiger partial charge is 0.488 e. The smallest absolute Gasteiger partial charge is 0.464 e. The molecule has 45 heteroatoms. The Morgan fingerprint density at radius 2 is 0.693 bits per heavy atom. The fourth-order valence-corrected chi connectivity index (χ4v) is 14.3. The molecule has 0 aliphatic carbocycles. The Hall–Kier alpha value is -13.5. The molecule has 4 saturated heterocycles. The molecule has 0 saturated carbocycles. The standard InChI is InChI=1S/C23H30N4O7.C22H29N5O6.C22H31N5O4.C18H28BNO5.C5H5N3O4.C2H6/c1-23(2,3)34-22(29)25-12-6-5-7-18(25)15-33-14-16-8-10-17(11-9-16)26-13-19(27(30)31)20(24-26)21(28)32-4;1-22(2,3)33-21(29)25-11-5-4-6-17(25)14-32-13-15-7-9-16(10-8-15)26-12-18(27(30)31)19(24-26)20(23)28;1-22(2,3)31-21(29)26-11-5-4-6-17(26)14-30-13-15-7-9-16(10-8-15)27-12-18(23)19(25-27)20(24)28;1-18(2,3)25-17(21)20-11-5-4-6-16(20)13-24-12-14-7-9-15(10-8-14)19(22)23;1-12-5(9)4-3(8(10)11)2-6-7-4;1-2/h8-11,13,18H,5-7,12,14-15H2,1-4H3;7-10,12,17H,4-6,11,13-14H2,1-3H3,(H2,23,28);7-10,12,17H,4-6,11,13-14,23H2,1-3H3,(H2,24,28);7-10,16,22-23H,4-6,11-13H2,1-3H3;2H,1H3,(H,6,7);1-2H3. The quantitative estimate of drug-likeness (QED) is 0.00915. The van der Waals surface area contributed by atoms with Gasteiger partial charge in [-0.25, -0.2) is 42.8 Å². The molecule has 4 aromatic heterocycles. The summed E-state index contributed by atoms with van der Waals surface area (Å²) in [5.41, 5.74) is 18.1. The van der Waals surface area contributed by atoms with Crippen molar-refractivity contribution in [1.82, 2.24) is 59.1 Å². The van der Waals surface area contributed by atoms with Crippen molar-refractivity contribution < 1.29 is 111 Å². The van der Waals surface area contributed by atoms with Crippen molar-refractivity contribution >= 4 is 83.5 Å². The predicted molar refractivity (Wildman–Crippen MR) is 502 cm³/mol. The molecule has 12 rings (SSSR count). The molecule has 8 aromatic rings. The highest BCUT2D eigenvalue weighted by Crippen LogP contribution is 2.30. The van der Waals surface area contributed by atoms with Gasteiger partial charge < -0.3 is 94.2 Å². The first-order valence-electron chi connectivity index (χ1n) is 45.0. The van der Waals surface area contributed by atoms with Crippen LogP contribution in [0.1, 0.15) is 238 Å². The summed E-state index contributed by atoms with van der Waals surface area (Å²) in [7, 11) is 0.812. The van der Waals surface area contributed by atoms with Gasteiger partial charge in [-0.1, -0.05) is 74.5 Å². The van der Waals surface area contributed by atoms with E-state index in [1.807, 2.05) is 133 Å². The molecule has 6 amide bonds. The highest BCUT2D eigenvalue weighted by Gasteiger charge is 2.37. The van der Waals surface area contributed by atoms with Gasteiger partial charge in [-0.3, -0.25) is 45.0 Å². The van der Waals surface area contributed by atoms with E-state index in [2.05, 4.69) is 35.0 Å². The average Bonchev–Trinajstić information content (AvgIpc) is 1.68. The monoisotopic (exact) mass is 1910 g/mol. The lowest BCUT2D eigenvalue weighted by atomic mass is 9.80. The highest BCUT2D eigenvalue weighted by atomic mass is 16.6. The number of nitrogen functional groups attached to an aromatic ring is 1. The number of hydrogen-bond donors (Lipinski definition) is 6. The van der Waals surface area contributed by atoms with Crippen LogP contribution in [-0.2, 0) is 73.8 Å². The number of esters is 2. The van der Waals surface area contributed by atoms with Crippen LogP contribution in [0.25, 0.3) is 17.1 Å². The van der Waals surface area contributed by atoms with Gasteiger partial charge in [0.05, 0.1) is 135 Å². The van der Waals surface area contributed by atoms with E-state index in [4.69, 9.17) is 65.1 Å². The number of carbonyl (C=O) groups excluding carboxylic acids is 8. The van der Waals surface area contributed by atoms with E-state index >= 15 is 0 Å². The van der Waals surface area contributed by atoms with Gasteiger partial charge in [0, 0.05) is 26.2 Å². The third-order valence-electron chi connectivity index (χ3n) is 20.8. The molecule has 44 nitrogen and oxygen atoms in total. The third kappa shape index (κ3) is 35.3. The van der Waals surface area contributed by atoms with Gasteiger partial charge in [0.25, 0.3) is 11.8 Å². The second-order valence-corrected chi connectivity index (χ2v) is 36.1. The zero-order valence-electron chi connectivity index (χ0n) is 80.6. The van der Waals surface area contributed by atoms with Crippen LogP contribution >= 0.6 is 0 Å². The van der Waals surface area contributed by atoms with Gasteiger partial charge in [0.1, 0.15) is 41.0 Å². The van der Waals surface area contributed by atoms with Crippen LogP contribution in [0.15, 0.2) is 122 Å². The number of nitro groups is 3. The molecule has 0 radical (unpaired) electrons. The van der Waals surface area contributed by atoms with E-state index in [1.165, 1.54) is 20.2 Å². The van der Waals surface area contributed by atoms with Gasteiger partial charge in [-0.2, -0.15) is 20.4 Å². The van der Waals surface area contributed by atoms with Crippen molar-refractivity contribution in [1.29, 1.82) is 0 Å². The summed E-state index contributed by atoms with van der Waals surface area (Å²) in [6, 6.07) is 28.6. The highest BCUT2D eigenvalue weighted by molar-refractivity contribution is 6.58. The second-order valence-electron chi connectivity index (χ2n) is 36.1. The van der Waals surface area contributed by atoms with Crippen LogP contribution in [0.4, 0.5) is 41.9 Å². The Balaban J connectivity index is 0.000000238. The number of nitrogens with one attached hydrogen (secondary N) is 1. The van der Waals surface area contributed by atoms with Crippen LogP contribution in [-0.4, -0.2) is 253 Å². The Morgan fingerprint density at radius 1 is 0.416 bits per heavy atom. The van der Waals surface area contributed by atoms with Crippen LogP contribution < -0.4 is 22.7 Å². The number of likely N-dealkylation sites (tertiary alicyclic amines) is 4. The fraction of sp³-hybridized carbons (Fsp3) is 0.522. The first-order chi connectivity index (χ1) is 64.7. The van der Waals surface area contributed by atoms with Gasteiger partial charge in [-0.05, 0) is 224 Å². The van der Waals surface area contributed by atoms with Gasteiger partial charge >= 0.3 is 60.5 Å². The van der Waals surface area contributed by atoms with Gasteiger partial charge in [0.2, 0.25) is 17.1 Å². The molecule has 4 aliphatic heterocycles. The number of methoxy groups -OCH3 is 2. The van der Waals surface area contributed by atoms with E-state index < -0.39 is 85.1 Å². The number of aromatic amines is 1. The summed E-state index contributed by atoms with van der Waals surface area (Å²) < 4.78 is 58.4. The van der Waals surface area contributed by atoms with Crippen LogP contribution in [0, 0.1) is 30.3 Å². The normalized spacial score (nSPS) is 16.0. The molecule has 137 heavy (non-hydrogen) atoms. The third-order valence-corrected chi connectivity index (χ3v) is 20.8. The summed E-state index contributed by atoms with van der Waals surface area (Å²) in [5, 5.41) is 68.3.